The third-order valence-corrected chi connectivity index (χ3v) is 4.13. The van der Waals surface area contributed by atoms with Crippen molar-refractivity contribution in [3.05, 3.63) is 65.7 Å². The first kappa shape index (κ1) is 27.7. The van der Waals surface area contributed by atoms with Crippen molar-refractivity contribution in [1.82, 2.24) is 0 Å². The smallest absolute Gasteiger partial charge is 0.305 e. The molecule has 0 radical (unpaired) electrons. The van der Waals surface area contributed by atoms with Crippen molar-refractivity contribution in [1.29, 1.82) is 0 Å². The average molecular weight is 418 g/mol. The van der Waals surface area contributed by atoms with E-state index in [0.29, 0.717) is 6.42 Å². The molecule has 0 amide bonds. The van der Waals surface area contributed by atoms with Gasteiger partial charge in [-0.05, 0) is 51.4 Å². The molecule has 30 heavy (non-hydrogen) atoms. The lowest BCUT2D eigenvalue weighted by Gasteiger charge is -2.07. The molecule has 0 aliphatic carbocycles. The van der Waals surface area contributed by atoms with Crippen LogP contribution in [-0.2, 0) is 9.53 Å². The quantitative estimate of drug-likeness (QED) is 0.115. The van der Waals surface area contributed by atoms with Crippen molar-refractivity contribution >= 4 is 5.97 Å². The Balaban J connectivity index is 3.50. The first-order valence-electron chi connectivity index (χ1n) is 11.1. The summed E-state index contributed by atoms with van der Waals surface area (Å²) in [5, 5.41) is 11.8. The number of esters is 1. The number of aliphatic hydroxyl groups is 1. The number of hydrogen-bond donors (Lipinski definition) is 1. The normalized spacial score (nSPS) is 13.4. The first-order valence-corrected chi connectivity index (χ1v) is 11.1. The highest BCUT2D eigenvalue weighted by Gasteiger charge is 2.08. The highest BCUT2D eigenvalue weighted by molar-refractivity contribution is 5.69. The lowest BCUT2D eigenvalue weighted by atomic mass is 10.1. The first-order chi connectivity index (χ1) is 14.7. The van der Waals surface area contributed by atoms with E-state index in [4.69, 9.17) is 4.74 Å². The summed E-state index contributed by atoms with van der Waals surface area (Å²) >= 11 is 0. The second kappa shape index (κ2) is 23.0. The van der Waals surface area contributed by atoms with Crippen LogP contribution < -0.4 is 0 Å². The maximum Gasteiger partial charge on any atom is 0.305 e. The molecule has 0 aliphatic heterocycles. The van der Waals surface area contributed by atoms with Gasteiger partial charge < -0.3 is 9.84 Å². The van der Waals surface area contributed by atoms with Gasteiger partial charge in [-0.1, -0.05) is 79.3 Å². The summed E-state index contributed by atoms with van der Waals surface area (Å²) in [6.45, 7) is 1.73. The Labute approximate surface area is 182 Å². The molecule has 0 saturated heterocycles. The molecule has 0 bridgehead atoms. The van der Waals surface area contributed by atoms with Gasteiger partial charge in [0, 0.05) is 6.42 Å². The van der Waals surface area contributed by atoms with E-state index in [1.54, 1.807) is 0 Å². The molecule has 0 aromatic rings. The molecule has 1 N–H and O–H groups in total. The Morgan fingerprint density at radius 3 is 1.90 bits per heavy atom. The van der Waals surface area contributed by atoms with Crippen molar-refractivity contribution in [2.24, 2.45) is 5.18 Å². The van der Waals surface area contributed by atoms with E-state index >= 15 is 0 Å². The van der Waals surface area contributed by atoms with Crippen LogP contribution in [0.25, 0.3) is 0 Å². The van der Waals surface area contributed by atoms with Crippen LogP contribution in [0.5, 0.6) is 0 Å². The molecule has 0 aromatic carbocycles. The van der Waals surface area contributed by atoms with Gasteiger partial charge in [0.05, 0.1) is 0 Å². The number of aliphatic hydroxyl groups excluding tert-OH is 1. The average Bonchev–Trinajstić information content (AvgIpc) is 2.74. The summed E-state index contributed by atoms with van der Waals surface area (Å²) in [6, 6.07) is 0. The summed E-state index contributed by atoms with van der Waals surface area (Å²) in [4.78, 5) is 21.4. The minimum atomic E-state index is -0.998. The largest absolute Gasteiger partial charge is 0.463 e. The predicted molar refractivity (Wildman–Crippen MR) is 125 cm³/mol. The molecule has 1 unspecified atom stereocenters. The van der Waals surface area contributed by atoms with E-state index < -0.39 is 6.10 Å². The molecule has 0 saturated carbocycles. The fraction of sp³-hybridized carbons (Fsp3) is 0.560. The summed E-state index contributed by atoms with van der Waals surface area (Å²) < 4.78 is 4.87. The maximum atomic E-state index is 11.5. The minimum absolute atomic E-state index is 0.162. The molecule has 5 heteroatoms. The SMILES string of the molecule is CC/C=C\C/C=C\C/C=C\C/C=C\C/C=C\CCCCCC(=O)OCC(O)CN=O. The Kier molecular flexibility index (Phi) is 21.3. The van der Waals surface area contributed by atoms with Crippen molar-refractivity contribution < 1.29 is 14.6 Å². The highest BCUT2D eigenvalue weighted by Crippen LogP contribution is 2.06. The number of nitroso groups, excluding NO2 is 1. The molecule has 0 spiro atoms. The molecule has 1 atom stereocenters. The van der Waals surface area contributed by atoms with Gasteiger partial charge in [-0.2, -0.15) is 4.91 Å². The molecule has 0 aromatic heterocycles. The van der Waals surface area contributed by atoms with Crippen LogP contribution in [0.2, 0.25) is 0 Å². The zero-order valence-corrected chi connectivity index (χ0v) is 18.5. The van der Waals surface area contributed by atoms with E-state index in [0.717, 1.165) is 57.8 Å². The summed E-state index contributed by atoms with van der Waals surface area (Å²) in [5.41, 5.74) is 0. The molecule has 0 rings (SSSR count). The standard InChI is InChI=1S/C25H39NO4/c1-2-3-4-5-6-7-8-9-10-11-12-13-14-15-16-17-18-19-20-21-25(28)30-23-24(27)22-26-29/h3-4,6-7,9-10,12-13,15-16,24,27H,2,5,8,11,14,17-23H2,1H3/b4-3-,7-6-,10-9-,13-12-,16-15-. The van der Waals surface area contributed by atoms with E-state index in [2.05, 4.69) is 72.9 Å². The third kappa shape index (κ3) is 22.0. The van der Waals surface area contributed by atoms with Gasteiger partial charge in [0.15, 0.2) is 0 Å². The number of carbonyl (C=O) groups is 1. The van der Waals surface area contributed by atoms with Crippen LogP contribution in [0.4, 0.5) is 0 Å². The van der Waals surface area contributed by atoms with Crippen molar-refractivity contribution in [3.63, 3.8) is 0 Å². The van der Waals surface area contributed by atoms with Crippen molar-refractivity contribution in [2.75, 3.05) is 13.2 Å². The number of rotatable bonds is 19. The van der Waals surface area contributed by atoms with Crippen molar-refractivity contribution in [3.8, 4) is 0 Å². The second-order valence-corrected chi connectivity index (χ2v) is 6.96. The van der Waals surface area contributed by atoms with E-state index in [9.17, 15) is 14.8 Å². The van der Waals surface area contributed by atoms with Gasteiger partial charge in [-0.15, -0.1) is 0 Å². The molecule has 0 aliphatic rings. The van der Waals surface area contributed by atoms with E-state index in [1.165, 1.54) is 0 Å². The topological polar surface area (TPSA) is 76.0 Å². The number of ether oxygens (including phenoxy) is 1. The lowest BCUT2D eigenvalue weighted by Crippen LogP contribution is -2.21. The third-order valence-electron chi connectivity index (χ3n) is 4.13. The van der Waals surface area contributed by atoms with Gasteiger partial charge in [0.2, 0.25) is 0 Å². The Morgan fingerprint density at radius 1 is 0.833 bits per heavy atom. The van der Waals surface area contributed by atoms with Crippen LogP contribution in [0.1, 0.15) is 71.1 Å². The van der Waals surface area contributed by atoms with Gasteiger partial charge in [0.25, 0.3) is 0 Å². The number of hydrogen-bond acceptors (Lipinski definition) is 5. The van der Waals surface area contributed by atoms with Crippen LogP contribution in [0, 0.1) is 4.91 Å². The van der Waals surface area contributed by atoms with Crippen LogP contribution in [0.15, 0.2) is 65.9 Å². The zero-order valence-electron chi connectivity index (χ0n) is 18.5. The second-order valence-electron chi connectivity index (χ2n) is 6.96. The van der Waals surface area contributed by atoms with Gasteiger partial charge in [-0.25, -0.2) is 0 Å². The Morgan fingerprint density at radius 2 is 1.37 bits per heavy atom. The summed E-state index contributed by atoms with van der Waals surface area (Å²) in [5.74, 6) is -0.338. The number of allylic oxidation sites excluding steroid dienone is 10. The van der Waals surface area contributed by atoms with E-state index in [-0.39, 0.29) is 19.1 Å². The molecule has 0 fully saturated rings. The van der Waals surface area contributed by atoms with E-state index in [1.807, 2.05) is 0 Å². The lowest BCUT2D eigenvalue weighted by molar-refractivity contribution is -0.146. The molecular weight excluding hydrogens is 378 g/mol. The number of nitrogens with zero attached hydrogens (tertiary/aromatic N) is 1. The van der Waals surface area contributed by atoms with Gasteiger partial charge >= 0.3 is 5.97 Å². The molecule has 5 nitrogen and oxygen atoms in total. The Bertz CT molecular complexity index is 561. The summed E-state index contributed by atoms with van der Waals surface area (Å²) in [7, 11) is 0. The van der Waals surface area contributed by atoms with Crippen LogP contribution in [-0.4, -0.2) is 30.3 Å². The molecular formula is C25H39NO4. The molecule has 0 heterocycles. The minimum Gasteiger partial charge on any atom is -0.463 e. The number of carbonyl (C=O) groups excluding carboxylic acids is 1. The number of unbranched alkanes of at least 4 members (excludes halogenated alkanes) is 3. The van der Waals surface area contributed by atoms with Crippen LogP contribution >= 0.6 is 0 Å². The maximum absolute atomic E-state index is 11.5. The summed E-state index contributed by atoms with van der Waals surface area (Å²) in [6.07, 6.45) is 30.0. The Hall–Kier alpha value is -2.27. The zero-order chi connectivity index (χ0) is 22.1. The fourth-order valence-corrected chi connectivity index (χ4v) is 2.48. The predicted octanol–water partition coefficient (Wildman–Crippen LogP) is 6.36. The monoisotopic (exact) mass is 417 g/mol. The van der Waals surface area contributed by atoms with Crippen LogP contribution in [0.3, 0.4) is 0 Å². The van der Waals surface area contributed by atoms with Gasteiger partial charge in [0.1, 0.15) is 19.3 Å². The fourth-order valence-electron chi connectivity index (χ4n) is 2.48. The molecule has 168 valence electrons. The van der Waals surface area contributed by atoms with Crippen molar-refractivity contribution in [2.45, 2.75) is 77.2 Å². The van der Waals surface area contributed by atoms with Gasteiger partial charge in [-0.3, -0.25) is 4.79 Å². The highest BCUT2D eigenvalue weighted by atomic mass is 16.5.